The standard InChI is InChI=1S/C13H19NO6/c1-11(2,3)8-14-7(15)12(4,9(16)17)5-13(14,6-20-8)10(18)19/h8H,5-6H2,1-4H3,(H,16,17)(H,18,19)/t8-,12+,13?/m0/s1. The van der Waals surface area contributed by atoms with Crippen molar-refractivity contribution < 1.29 is 29.3 Å². The first kappa shape index (κ1) is 14.8. The van der Waals surface area contributed by atoms with Gasteiger partial charge in [-0.3, -0.25) is 14.5 Å². The number of fused-ring (bicyclic) bond motifs is 1. The van der Waals surface area contributed by atoms with E-state index in [2.05, 4.69) is 0 Å². The molecule has 7 heteroatoms. The van der Waals surface area contributed by atoms with Crippen LogP contribution in [0.1, 0.15) is 34.1 Å². The Labute approximate surface area is 116 Å². The molecule has 20 heavy (non-hydrogen) atoms. The maximum Gasteiger partial charge on any atom is 0.332 e. The molecule has 0 bridgehead atoms. The monoisotopic (exact) mass is 285 g/mol. The predicted molar refractivity (Wildman–Crippen MR) is 66.8 cm³/mol. The van der Waals surface area contributed by atoms with Crippen LogP contribution in [0.4, 0.5) is 0 Å². The minimum Gasteiger partial charge on any atom is -0.480 e. The number of carbonyl (C=O) groups excluding carboxylic acids is 1. The topological polar surface area (TPSA) is 104 Å². The average Bonchev–Trinajstić information content (AvgIpc) is 2.76. The Morgan fingerprint density at radius 2 is 1.85 bits per heavy atom. The van der Waals surface area contributed by atoms with Crippen molar-refractivity contribution in [2.75, 3.05) is 6.61 Å². The Bertz CT molecular complexity index is 496. The fourth-order valence-corrected chi connectivity index (χ4v) is 2.99. The van der Waals surface area contributed by atoms with Crippen LogP contribution < -0.4 is 0 Å². The lowest BCUT2D eigenvalue weighted by Crippen LogP contribution is -2.54. The molecule has 112 valence electrons. The van der Waals surface area contributed by atoms with Gasteiger partial charge in [0.2, 0.25) is 5.91 Å². The third-order valence-electron chi connectivity index (χ3n) is 4.12. The van der Waals surface area contributed by atoms with Crippen LogP contribution >= 0.6 is 0 Å². The second kappa shape index (κ2) is 3.94. The van der Waals surface area contributed by atoms with E-state index in [1.54, 1.807) is 0 Å². The molecule has 2 N–H and O–H groups in total. The van der Waals surface area contributed by atoms with E-state index in [9.17, 15) is 24.6 Å². The van der Waals surface area contributed by atoms with Crippen molar-refractivity contribution in [2.45, 2.75) is 45.9 Å². The Morgan fingerprint density at radius 1 is 1.30 bits per heavy atom. The van der Waals surface area contributed by atoms with Gasteiger partial charge in [0, 0.05) is 11.8 Å². The highest BCUT2D eigenvalue weighted by Crippen LogP contribution is 2.50. The van der Waals surface area contributed by atoms with E-state index in [1.807, 2.05) is 20.8 Å². The SMILES string of the molecule is CC(C)(C)[C@@H]1OCC2(C(=O)O)C[C@@](C)(C(=O)O)C(=O)N12. The number of amides is 1. The van der Waals surface area contributed by atoms with Gasteiger partial charge in [-0.15, -0.1) is 0 Å². The third kappa shape index (κ3) is 1.65. The molecule has 0 radical (unpaired) electrons. The first-order valence-electron chi connectivity index (χ1n) is 6.39. The third-order valence-corrected chi connectivity index (χ3v) is 4.12. The largest absolute Gasteiger partial charge is 0.480 e. The second-order valence-electron chi connectivity index (χ2n) is 6.86. The molecule has 0 aliphatic carbocycles. The summed E-state index contributed by atoms with van der Waals surface area (Å²) >= 11 is 0. The van der Waals surface area contributed by atoms with Crippen LogP contribution in [-0.2, 0) is 19.1 Å². The zero-order chi connectivity index (χ0) is 15.5. The van der Waals surface area contributed by atoms with Crippen LogP contribution in [0.5, 0.6) is 0 Å². The van der Waals surface area contributed by atoms with Crippen molar-refractivity contribution >= 4 is 17.8 Å². The summed E-state index contributed by atoms with van der Waals surface area (Å²) in [5, 5.41) is 18.8. The van der Waals surface area contributed by atoms with Gasteiger partial charge in [-0.25, -0.2) is 4.79 Å². The number of hydrogen-bond donors (Lipinski definition) is 2. The molecular weight excluding hydrogens is 266 g/mol. The van der Waals surface area contributed by atoms with Crippen molar-refractivity contribution in [3.05, 3.63) is 0 Å². The van der Waals surface area contributed by atoms with Gasteiger partial charge in [0.15, 0.2) is 5.54 Å². The van der Waals surface area contributed by atoms with E-state index in [0.717, 1.165) is 4.90 Å². The normalized spacial score (nSPS) is 37.1. The molecule has 0 spiro atoms. The summed E-state index contributed by atoms with van der Waals surface area (Å²) in [6.07, 6.45) is -1.02. The van der Waals surface area contributed by atoms with Crippen LogP contribution in [0, 0.1) is 10.8 Å². The molecule has 2 fully saturated rings. The van der Waals surface area contributed by atoms with E-state index < -0.39 is 40.4 Å². The van der Waals surface area contributed by atoms with E-state index in [1.165, 1.54) is 6.92 Å². The fourth-order valence-electron chi connectivity index (χ4n) is 2.99. The molecule has 0 saturated carbocycles. The smallest absolute Gasteiger partial charge is 0.332 e. The van der Waals surface area contributed by atoms with E-state index in [4.69, 9.17) is 4.74 Å². The molecule has 1 amide bonds. The van der Waals surface area contributed by atoms with Gasteiger partial charge in [-0.05, 0) is 6.92 Å². The van der Waals surface area contributed by atoms with Crippen molar-refractivity contribution in [1.82, 2.24) is 4.90 Å². The van der Waals surface area contributed by atoms with E-state index in [-0.39, 0.29) is 13.0 Å². The van der Waals surface area contributed by atoms with Crippen LogP contribution in [0.3, 0.4) is 0 Å². The number of hydrogen-bond acceptors (Lipinski definition) is 4. The zero-order valence-electron chi connectivity index (χ0n) is 12.0. The summed E-state index contributed by atoms with van der Waals surface area (Å²) in [5.41, 5.74) is -3.80. The Balaban J connectivity index is 2.55. The number of carboxylic acid groups (broad SMARTS) is 2. The van der Waals surface area contributed by atoms with Gasteiger partial charge in [0.05, 0.1) is 6.61 Å². The summed E-state index contributed by atoms with van der Waals surface area (Å²) in [6, 6.07) is 0. The first-order valence-corrected chi connectivity index (χ1v) is 6.39. The second-order valence-corrected chi connectivity index (χ2v) is 6.86. The van der Waals surface area contributed by atoms with Gasteiger partial charge >= 0.3 is 11.9 Å². The van der Waals surface area contributed by atoms with Crippen LogP contribution in [0.2, 0.25) is 0 Å². The molecule has 0 aromatic carbocycles. The Kier molecular flexibility index (Phi) is 2.91. The number of rotatable bonds is 2. The van der Waals surface area contributed by atoms with Crippen LogP contribution in [0.25, 0.3) is 0 Å². The molecule has 2 heterocycles. The van der Waals surface area contributed by atoms with Crippen LogP contribution in [0.15, 0.2) is 0 Å². The van der Waals surface area contributed by atoms with Crippen LogP contribution in [-0.4, -0.2) is 51.3 Å². The molecule has 2 aliphatic heterocycles. The maximum absolute atomic E-state index is 12.5. The highest BCUT2D eigenvalue weighted by atomic mass is 16.5. The summed E-state index contributed by atoms with van der Waals surface area (Å²) in [7, 11) is 0. The van der Waals surface area contributed by atoms with Gasteiger partial charge in [0.1, 0.15) is 11.6 Å². The Hall–Kier alpha value is -1.63. The summed E-state index contributed by atoms with van der Waals surface area (Å²) < 4.78 is 5.52. The van der Waals surface area contributed by atoms with Crippen molar-refractivity contribution in [1.29, 1.82) is 0 Å². The number of carbonyl (C=O) groups is 3. The summed E-state index contributed by atoms with van der Waals surface area (Å²) in [6.45, 7) is 6.55. The van der Waals surface area contributed by atoms with Crippen molar-refractivity contribution in [3.8, 4) is 0 Å². The molecule has 0 aromatic rings. The van der Waals surface area contributed by atoms with E-state index >= 15 is 0 Å². The Morgan fingerprint density at radius 3 is 2.25 bits per heavy atom. The summed E-state index contributed by atoms with van der Waals surface area (Å²) in [4.78, 5) is 36.7. The maximum atomic E-state index is 12.5. The molecule has 2 aliphatic rings. The molecular formula is C13H19NO6. The zero-order valence-corrected chi connectivity index (χ0v) is 12.0. The lowest BCUT2D eigenvalue weighted by atomic mass is 9.82. The van der Waals surface area contributed by atoms with Crippen molar-refractivity contribution in [2.24, 2.45) is 10.8 Å². The molecule has 2 rings (SSSR count). The summed E-state index contributed by atoms with van der Waals surface area (Å²) in [5.74, 6) is -3.21. The van der Waals surface area contributed by atoms with Gasteiger partial charge in [0.25, 0.3) is 0 Å². The average molecular weight is 285 g/mol. The van der Waals surface area contributed by atoms with Gasteiger partial charge in [-0.1, -0.05) is 20.8 Å². The molecule has 0 aromatic heterocycles. The highest BCUT2D eigenvalue weighted by Gasteiger charge is 2.70. The minimum atomic E-state index is -1.72. The molecule has 7 nitrogen and oxygen atoms in total. The predicted octanol–water partition coefficient (Wildman–Crippen LogP) is 0.535. The van der Waals surface area contributed by atoms with Gasteiger partial charge in [-0.2, -0.15) is 0 Å². The number of ether oxygens (including phenoxy) is 1. The van der Waals surface area contributed by atoms with Crippen molar-refractivity contribution in [3.63, 3.8) is 0 Å². The van der Waals surface area contributed by atoms with Gasteiger partial charge < -0.3 is 14.9 Å². The van der Waals surface area contributed by atoms with E-state index in [0.29, 0.717) is 0 Å². The number of nitrogens with zero attached hydrogens (tertiary/aromatic N) is 1. The quantitative estimate of drug-likeness (QED) is 0.717. The highest BCUT2D eigenvalue weighted by molar-refractivity contribution is 6.07. The molecule has 3 atom stereocenters. The number of aliphatic carboxylic acids is 2. The number of carboxylic acids is 2. The lowest BCUT2D eigenvalue weighted by molar-refractivity contribution is -0.162. The minimum absolute atomic E-state index is 0.182. The lowest BCUT2D eigenvalue weighted by Gasteiger charge is -2.35. The molecule has 1 unspecified atom stereocenters. The fraction of sp³-hybridized carbons (Fsp3) is 0.769. The molecule has 2 saturated heterocycles. The first-order chi connectivity index (χ1) is 8.97.